The van der Waals surface area contributed by atoms with Crippen LogP contribution in [-0.4, -0.2) is 30.5 Å². The Bertz CT molecular complexity index is 603. The highest BCUT2D eigenvalue weighted by Gasteiger charge is 2.23. The van der Waals surface area contributed by atoms with Gasteiger partial charge in [-0.05, 0) is 65.6 Å². The van der Waals surface area contributed by atoms with Gasteiger partial charge in [0.05, 0.1) is 0 Å². The van der Waals surface area contributed by atoms with Crippen molar-refractivity contribution < 1.29 is 4.79 Å². The summed E-state index contributed by atoms with van der Waals surface area (Å²) >= 11 is 1.94. The standard InChI is InChI=1S/C12H22.C8H16S.C7H14N4O/c1-12(2,3)11-9-7-5-4-6-8-10-11;1-5-6-9-7-8(2,3)4;1-7(2,3)5-9-6(12)4-10-11-8/h4-5,11H,6-10H2,1-3H3;5H,1,6-7H2,2-4H3;4-5H2,1-3H3,(H,9,12)/b5-4+;;. The first-order valence-corrected chi connectivity index (χ1v) is 13.4. The van der Waals surface area contributed by atoms with Crippen molar-refractivity contribution in [2.45, 2.75) is 94.4 Å². The maximum absolute atomic E-state index is 10.9. The highest BCUT2D eigenvalue weighted by Crippen LogP contribution is 2.34. The second kappa shape index (κ2) is 18.0. The molecule has 0 bridgehead atoms. The van der Waals surface area contributed by atoms with Gasteiger partial charge in [-0.3, -0.25) is 4.79 Å². The van der Waals surface area contributed by atoms with Crippen LogP contribution in [0.1, 0.15) is 94.4 Å². The van der Waals surface area contributed by atoms with E-state index in [0.717, 1.165) is 11.7 Å². The molecule has 0 spiro atoms. The Kier molecular flexibility index (Phi) is 18.4. The summed E-state index contributed by atoms with van der Waals surface area (Å²) in [5.74, 6) is 3.00. The second-order valence-corrected chi connectivity index (χ2v) is 13.2. The van der Waals surface area contributed by atoms with Crippen LogP contribution in [0.15, 0.2) is 29.9 Å². The molecule has 0 saturated carbocycles. The minimum atomic E-state index is -0.234. The number of thioether (sulfide) groups is 1. The largest absolute Gasteiger partial charge is 0.355 e. The van der Waals surface area contributed by atoms with Crippen LogP contribution < -0.4 is 5.32 Å². The maximum Gasteiger partial charge on any atom is 0.225 e. The molecule has 1 N–H and O–H groups in total. The van der Waals surface area contributed by atoms with Crippen molar-refractivity contribution >= 4 is 17.7 Å². The molecule has 0 heterocycles. The third-order valence-corrected chi connectivity index (χ3v) is 6.40. The van der Waals surface area contributed by atoms with Crippen molar-refractivity contribution in [1.29, 1.82) is 0 Å². The summed E-state index contributed by atoms with van der Waals surface area (Å²) in [6.07, 6.45) is 13.5. The molecule has 1 aliphatic carbocycles. The Morgan fingerprint density at radius 2 is 1.70 bits per heavy atom. The van der Waals surface area contributed by atoms with Gasteiger partial charge in [-0.15, -0.1) is 6.58 Å². The monoisotopic (exact) mass is 480 g/mol. The third-order valence-electron chi connectivity index (χ3n) is 4.86. The number of azide groups is 1. The summed E-state index contributed by atoms with van der Waals surface area (Å²) in [4.78, 5) is 13.4. The highest BCUT2D eigenvalue weighted by atomic mass is 32.2. The summed E-state index contributed by atoms with van der Waals surface area (Å²) in [5.41, 5.74) is 8.97. The Morgan fingerprint density at radius 1 is 1.09 bits per heavy atom. The molecule has 5 nitrogen and oxygen atoms in total. The average Bonchev–Trinajstić information content (AvgIpc) is 2.63. The van der Waals surface area contributed by atoms with Gasteiger partial charge in [-0.2, -0.15) is 11.8 Å². The number of hydrogen-bond acceptors (Lipinski definition) is 3. The highest BCUT2D eigenvalue weighted by molar-refractivity contribution is 7.99. The molecule has 0 aromatic heterocycles. The zero-order chi connectivity index (χ0) is 26.0. The third kappa shape index (κ3) is 26.7. The van der Waals surface area contributed by atoms with E-state index in [2.05, 4.69) is 75.6 Å². The normalized spacial score (nSPS) is 17.4. The number of allylic oxidation sites excluding steroid dienone is 2. The van der Waals surface area contributed by atoms with E-state index < -0.39 is 0 Å². The molecular weight excluding hydrogens is 428 g/mol. The van der Waals surface area contributed by atoms with E-state index in [4.69, 9.17) is 5.53 Å². The summed E-state index contributed by atoms with van der Waals surface area (Å²) in [6.45, 7) is 24.1. The van der Waals surface area contributed by atoms with Crippen molar-refractivity contribution in [3.63, 3.8) is 0 Å². The molecule has 0 fully saturated rings. The molecule has 192 valence electrons. The number of rotatable bonds is 6. The fourth-order valence-electron chi connectivity index (χ4n) is 2.99. The van der Waals surface area contributed by atoms with Crippen molar-refractivity contribution in [3.05, 3.63) is 35.2 Å². The number of hydrogen-bond donors (Lipinski definition) is 1. The molecule has 1 atom stereocenters. The van der Waals surface area contributed by atoms with Gasteiger partial charge in [0, 0.05) is 17.2 Å². The number of amides is 1. The van der Waals surface area contributed by atoms with Crippen molar-refractivity contribution in [3.8, 4) is 0 Å². The average molecular weight is 481 g/mol. The minimum absolute atomic E-state index is 0.0615. The summed E-state index contributed by atoms with van der Waals surface area (Å²) in [7, 11) is 0. The van der Waals surface area contributed by atoms with Crippen LogP contribution in [0.3, 0.4) is 0 Å². The topological polar surface area (TPSA) is 77.9 Å². The van der Waals surface area contributed by atoms with Crippen molar-refractivity contribution in [1.82, 2.24) is 5.32 Å². The zero-order valence-corrected chi connectivity index (χ0v) is 23.9. The molecule has 0 saturated heterocycles. The number of carbonyl (C=O) groups excluding carboxylic acids is 1. The van der Waals surface area contributed by atoms with E-state index in [9.17, 15) is 4.79 Å². The molecule has 6 heteroatoms. The predicted octanol–water partition coefficient (Wildman–Crippen LogP) is 8.58. The van der Waals surface area contributed by atoms with Gasteiger partial charge >= 0.3 is 0 Å². The summed E-state index contributed by atoms with van der Waals surface area (Å²) < 4.78 is 0. The maximum atomic E-state index is 10.9. The van der Waals surface area contributed by atoms with Gasteiger partial charge in [-0.1, -0.05) is 85.7 Å². The Balaban J connectivity index is 0. The Labute approximate surface area is 209 Å². The van der Waals surface area contributed by atoms with Gasteiger partial charge in [0.15, 0.2) is 0 Å². The molecule has 1 unspecified atom stereocenters. The molecular formula is C27H52N4OS. The lowest BCUT2D eigenvalue weighted by atomic mass is 9.75. The molecule has 0 aromatic rings. The molecule has 1 amide bonds. The van der Waals surface area contributed by atoms with E-state index in [0.29, 0.717) is 17.4 Å². The summed E-state index contributed by atoms with van der Waals surface area (Å²) in [5, 5.41) is 5.79. The smallest absolute Gasteiger partial charge is 0.225 e. The fraction of sp³-hybridized carbons (Fsp3) is 0.815. The van der Waals surface area contributed by atoms with Gasteiger partial charge in [0.2, 0.25) is 5.91 Å². The van der Waals surface area contributed by atoms with Crippen molar-refractivity contribution in [2.24, 2.45) is 27.3 Å². The van der Waals surface area contributed by atoms with E-state index >= 15 is 0 Å². The SMILES string of the molecule is C=CCSCC(C)(C)C.CC(C)(C)C1CC/C=C/CCC1.CC(C)(C)CNC(=O)CN=[N+]=[N-]. The lowest BCUT2D eigenvalue weighted by molar-refractivity contribution is -0.120. The number of carbonyl (C=O) groups is 1. The van der Waals surface area contributed by atoms with E-state index in [1.807, 2.05) is 38.6 Å². The van der Waals surface area contributed by atoms with Gasteiger partial charge in [-0.25, -0.2) is 0 Å². The zero-order valence-electron chi connectivity index (χ0n) is 23.0. The van der Waals surface area contributed by atoms with Gasteiger partial charge in [0.1, 0.15) is 6.54 Å². The second-order valence-electron chi connectivity index (χ2n) is 12.1. The molecule has 33 heavy (non-hydrogen) atoms. The lowest BCUT2D eigenvalue weighted by Crippen LogP contribution is -2.33. The molecule has 0 aromatic carbocycles. The fourth-order valence-corrected chi connectivity index (χ4v) is 3.89. The first-order valence-electron chi connectivity index (χ1n) is 12.2. The Hall–Kier alpha value is -1.39. The van der Waals surface area contributed by atoms with Crippen LogP contribution in [0, 0.1) is 22.2 Å². The van der Waals surface area contributed by atoms with Gasteiger partial charge in [0.25, 0.3) is 0 Å². The molecule has 0 aliphatic heterocycles. The van der Waals surface area contributed by atoms with Crippen LogP contribution >= 0.6 is 11.8 Å². The first kappa shape index (κ1) is 33.8. The van der Waals surface area contributed by atoms with Crippen LogP contribution in [0.5, 0.6) is 0 Å². The number of nitrogens with one attached hydrogen (secondary N) is 1. The molecule has 1 aliphatic rings. The van der Waals surface area contributed by atoms with E-state index in [1.54, 1.807) is 0 Å². The number of nitrogens with zero attached hydrogens (tertiary/aromatic N) is 3. The summed E-state index contributed by atoms with van der Waals surface area (Å²) in [6, 6.07) is 0. The Morgan fingerprint density at radius 3 is 2.18 bits per heavy atom. The quantitative estimate of drug-likeness (QED) is 0.136. The first-order chi connectivity index (χ1) is 15.1. The predicted molar refractivity (Wildman–Crippen MR) is 149 cm³/mol. The molecule has 1 rings (SSSR count). The van der Waals surface area contributed by atoms with Crippen LogP contribution in [-0.2, 0) is 4.79 Å². The van der Waals surface area contributed by atoms with Crippen molar-refractivity contribution in [2.75, 3.05) is 24.6 Å². The van der Waals surface area contributed by atoms with Crippen LogP contribution in [0.4, 0.5) is 0 Å². The van der Waals surface area contributed by atoms with E-state index in [1.165, 1.54) is 37.9 Å². The van der Waals surface area contributed by atoms with Crippen LogP contribution in [0.25, 0.3) is 10.4 Å². The van der Waals surface area contributed by atoms with Crippen LogP contribution in [0.2, 0.25) is 0 Å². The minimum Gasteiger partial charge on any atom is -0.355 e. The van der Waals surface area contributed by atoms with Gasteiger partial charge < -0.3 is 5.32 Å². The molecule has 0 radical (unpaired) electrons. The van der Waals surface area contributed by atoms with E-state index in [-0.39, 0.29) is 17.9 Å². The lowest BCUT2D eigenvalue weighted by Gasteiger charge is -2.31.